The molecule has 0 unspecified atom stereocenters. The normalized spacial score (nSPS) is 15.1. The third-order valence-electron chi connectivity index (χ3n) is 21.4. The molecule has 0 atom stereocenters. The first-order valence-corrected chi connectivity index (χ1v) is 34.8. The number of pyridine rings is 2. The number of aromatic nitrogens is 6. The van der Waals surface area contributed by atoms with E-state index in [-0.39, 0.29) is 0 Å². The SMILES string of the molecule is CC1(C)OB(c2ccc3c(c2)C2(c4ccccc4O3)c3ccccc3-c3ccccc32)OC1(C)C.Clc1cnc2ccc3ncc(-c4ccccc4)nc3c2n1.c1ccc(-c2ccc3ccc4ccc(-c5ccc6c(c5)C5(c7ccccc7O6)c6ccccc6-c6ccccc65)nc4c3n2)cc1. The number of fused-ring (bicyclic) bond motifs is 24. The molecule has 2 spiro atoms. The third kappa shape index (κ3) is 9.49. The second-order valence-corrected chi connectivity index (χ2v) is 27.9. The third-order valence-corrected chi connectivity index (χ3v) is 21.6. The van der Waals surface area contributed by atoms with Gasteiger partial charge in [0, 0.05) is 49.7 Å². The van der Waals surface area contributed by atoms with Gasteiger partial charge in [0.1, 0.15) is 39.2 Å². The average molecular weight is 1340 g/mol. The van der Waals surface area contributed by atoms with Crippen molar-refractivity contribution in [3.8, 4) is 79.0 Å². The van der Waals surface area contributed by atoms with Crippen molar-refractivity contribution in [1.82, 2.24) is 29.9 Å². The number of nitrogens with zero attached hydrogens (tertiary/aromatic N) is 6. The van der Waals surface area contributed by atoms with Gasteiger partial charge in [0.2, 0.25) is 0 Å². The first-order valence-electron chi connectivity index (χ1n) is 34.4. The minimum atomic E-state index is -0.511. The first kappa shape index (κ1) is 61.1. The second-order valence-electron chi connectivity index (χ2n) is 27.5. The highest BCUT2D eigenvalue weighted by Crippen LogP contribution is 2.64. The number of ether oxygens (including phenoxy) is 2. The molecule has 0 saturated carbocycles. The average Bonchev–Trinajstić information content (AvgIpc) is 1.49. The second kappa shape index (κ2) is 23.6. The Balaban J connectivity index is 0.000000113. The maximum absolute atomic E-state index is 6.64. The van der Waals surface area contributed by atoms with Crippen LogP contribution in [0, 0.1) is 0 Å². The van der Waals surface area contributed by atoms with Crippen LogP contribution in [-0.4, -0.2) is 48.2 Å². The minimum absolute atomic E-state index is 0.349. The number of rotatable bonds is 4. The largest absolute Gasteiger partial charge is 0.494 e. The van der Waals surface area contributed by atoms with E-state index >= 15 is 0 Å². The van der Waals surface area contributed by atoms with Gasteiger partial charge in [-0.05, 0) is 138 Å². The van der Waals surface area contributed by atoms with Gasteiger partial charge in [-0.1, -0.05) is 242 Å². The smallest absolute Gasteiger partial charge is 0.457 e. The van der Waals surface area contributed by atoms with Crippen molar-refractivity contribution in [1.29, 1.82) is 0 Å². The van der Waals surface area contributed by atoms with Gasteiger partial charge in [0.05, 0.1) is 73.6 Å². The lowest BCUT2D eigenvalue weighted by Gasteiger charge is -2.39. The fourth-order valence-corrected chi connectivity index (χ4v) is 16.1. The molecule has 486 valence electrons. The van der Waals surface area contributed by atoms with E-state index in [2.05, 4.69) is 267 Å². The van der Waals surface area contributed by atoms with Gasteiger partial charge in [-0.2, -0.15) is 0 Å². The minimum Gasteiger partial charge on any atom is -0.457 e. The molecular weight excluding hydrogens is 1280 g/mol. The van der Waals surface area contributed by atoms with Gasteiger partial charge >= 0.3 is 7.12 Å². The molecule has 2 aliphatic carbocycles. The zero-order chi connectivity index (χ0) is 68.5. The Morgan fingerprint density at radius 1 is 0.304 bits per heavy atom. The highest BCUT2D eigenvalue weighted by Gasteiger charge is 2.55. The molecule has 0 radical (unpaired) electrons. The molecule has 102 heavy (non-hydrogen) atoms. The van der Waals surface area contributed by atoms with Crippen molar-refractivity contribution in [3.05, 3.63) is 353 Å². The number of hydrogen-bond acceptors (Lipinski definition) is 10. The zero-order valence-electron chi connectivity index (χ0n) is 56.1. The summed E-state index contributed by atoms with van der Waals surface area (Å²) in [7, 11) is -0.439. The van der Waals surface area contributed by atoms with E-state index in [0.717, 1.165) is 117 Å². The van der Waals surface area contributed by atoms with Crippen LogP contribution in [-0.2, 0) is 20.1 Å². The summed E-state index contributed by atoms with van der Waals surface area (Å²) in [5.74, 6) is 3.53. The summed E-state index contributed by atoms with van der Waals surface area (Å²) in [5, 5.41) is 2.49. The Hall–Kier alpha value is -12.0. The van der Waals surface area contributed by atoms with Crippen molar-refractivity contribution in [2.24, 2.45) is 0 Å². The maximum atomic E-state index is 6.64. The van der Waals surface area contributed by atoms with Crippen LogP contribution in [0.4, 0.5) is 0 Å². The van der Waals surface area contributed by atoms with E-state index < -0.39 is 29.2 Å². The van der Waals surface area contributed by atoms with Gasteiger partial charge in [-0.3, -0.25) is 9.97 Å². The topological polar surface area (TPSA) is 114 Å². The Kier molecular flexibility index (Phi) is 14.1. The summed E-state index contributed by atoms with van der Waals surface area (Å²) < 4.78 is 26.0. The molecule has 12 heteroatoms. The predicted octanol–water partition coefficient (Wildman–Crippen LogP) is 20.9. The number of para-hydroxylation sites is 2. The van der Waals surface area contributed by atoms with Crippen LogP contribution in [0.5, 0.6) is 23.0 Å². The van der Waals surface area contributed by atoms with Crippen LogP contribution in [0.3, 0.4) is 0 Å². The molecule has 0 N–H and O–H groups in total. The Morgan fingerprint density at radius 2 is 0.686 bits per heavy atom. The molecule has 1 saturated heterocycles. The van der Waals surface area contributed by atoms with Crippen LogP contribution >= 0.6 is 11.6 Å². The molecule has 10 nitrogen and oxygen atoms in total. The van der Waals surface area contributed by atoms with Gasteiger partial charge in [-0.25, -0.2) is 19.9 Å². The van der Waals surface area contributed by atoms with E-state index in [0.29, 0.717) is 16.2 Å². The molecule has 4 aromatic heterocycles. The van der Waals surface area contributed by atoms with Crippen LogP contribution in [0.15, 0.2) is 304 Å². The van der Waals surface area contributed by atoms with Crippen LogP contribution < -0.4 is 14.9 Å². The quantitative estimate of drug-likeness (QED) is 0.125. The molecule has 1 fully saturated rings. The summed E-state index contributed by atoms with van der Waals surface area (Å²) in [6.45, 7) is 8.37. The van der Waals surface area contributed by atoms with Gasteiger partial charge in [0.15, 0.2) is 0 Å². The molecule has 16 aromatic rings. The van der Waals surface area contributed by atoms with Crippen molar-refractivity contribution >= 4 is 68.1 Å². The van der Waals surface area contributed by atoms with Crippen LogP contribution in [0.1, 0.15) is 72.2 Å². The molecule has 3 aliphatic heterocycles. The summed E-state index contributed by atoms with van der Waals surface area (Å²) in [5.41, 5.74) is 24.5. The van der Waals surface area contributed by atoms with Crippen molar-refractivity contribution < 1.29 is 18.8 Å². The van der Waals surface area contributed by atoms with E-state index in [9.17, 15) is 0 Å². The number of halogens is 1. The Labute approximate surface area is 595 Å². The lowest BCUT2D eigenvalue weighted by molar-refractivity contribution is 0.00578. The summed E-state index contributed by atoms with van der Waals surface area (Å²) in [6, 6.07) is 102. The molecule has 7 heterocycles. The van der Waals surface area contributed by atoms with E-state index in [1.54, 1.807) is 6.20 Å². The van der Waals surface area contributed by atoms with Crippen LogP contribution in [0.25, 0.3) is 99.9 Å². The molecule has 0 amide bonds. The monoisotopic (exact) mass is 1340 g/mol. The molecule has 5 aliphatic rings. The number of hydrogen-bond donors (Lipinski definition) is 0. The molecule has 12 aromatic carbocycles. The zero-order valence-corrected chi connectivity index (χ0v) is 56.9. The highest BCUT2D eigenvalue weighted by atomic mass is 35.5. The maximum Gasteiger partial charge on any atom is 0.494 e. The highest BCUT2D eigenvalue weighted by molar-refractivity contribution is 6.62. The molecule has 0 bridgehead atoms. The Bertz CT molecular complexity index is 6000. The predicted molar refractivity (Wildman–Crippen MR) is 408 cm³/mol. The number of benzene rings is 12. The van der Waals surface area contributed by atoms with Gasteiger partial charge in [0.25, 0.3) is 0 Å². The van der Waals surface area contributed by atoms with Crippen LogP contribution in [0.2, 0.25) is 5.15 Å². The molecular formula is C90H62BClN6O4. The Morgan fingerprint density at radius 3 is 1.20 bits per heavy atom. The first-order chi connectivity index (χ1) is 49.9. The van der Waals surface area contributed by atoms with E-state index in [1.165, 1.54) is 50.7 Å². The van der Waals surface area contributed by atoms with E-state index in [4.69, 9.17) is 45.3 Å². The standard InChI is InChI=1S/C43H26N2O.C31H27BO3.C16H9ClN4/c1-2-10-27(11-3-1)37-23-20-28-18-19-29-21-24-38(45-42(29)41(28)44-37)30-22-25-40-36(26-30)43(35-16-8-9-17-39(35)46-40)33-14-6-4-12-31(33)32-13-5-7-15-34(32)43;1-29(2)30(3,4)35-32(34-29)20-17-18-28-26(19-20)31(25-15-9-10-16-27(25)33-28)23-13-7-5-11-21(23)22-12-6-8-14-24(22)31;17-14-9-19-12-7-6-11-15(16(12)21-14)20-13(8-18-11)10-4-2-1-3-5-10/h1-26H;5-19H,1-4H3;1-9H. The fourth-order valence-electron chi connectivity index (χ4n) is 16.0. The summed E-state index contributed by atoms with van der Waals surface area (Å²) >= 11 is 5.95. The summed E-state index contributed by atoms with van der Waals surface area (Å²) in [6.07, 6.45) is 3.30. The fraction of sp³-hybridized carbons (Fsp3) is 0.0889. The van der Waals surface area contributed by atoms with Crippen molar-refractivity contribution in [3.63, 3.8) is 0 Å². The van der Waals surface area contributed by atoms with Crippen molar-refractivity contribution in [2.45, 2.75) is 49.7 Å². The lowest BCUT2D eigenvalue weighted by atomic mass is 9.64. The lowest BCUT2D eigenvalue weighted by Crippen LogP contribution is -2.41. The van der Waals surface area contributed by atoms with Crippen molar-refractivity contribution in [2.75, 3.05) is 0 Å². The molecule has 21 rings (SSSR count). The van der Waals surface area contributed by atoms with Gasteiger partial charge < -0.3 is 18.8 Å². The van der Waals surface area contributed by atoms with E-state index in [1.807, 2.05) is 66.7 Å². The van der Waals surface area contributed by atoms with Gasteiger partial charge in [-0.15, -0.1) is 0 Å². The summed E-state index contributed by atoms with van der Waals surface area (Å²) in [4.78, 5) is 28.2.